The second kappa shape index (κ2) is 7.43. The van der Waals surface area contributed by atoms with Gasteiger partial charge in [0.15, 0.2) is 11.7 Å². The molecule has 2 rings (SSSR count). The van der Waals surface area contributed by atoms with E-state index in [1.54, 1.807) is 13.3 Å². The van der Waals surface area contributed by atoms with Gasteiger partial charge in [-0.3, -0.25) is 0 Å². The van der Waals surface area contributed by atoms with Crippen LogP contribution in [-0.4, -0.2) is 31.8 Å². The molecule has 0 amide bonds. The SMILES string of the molecule is COCCNCCc1ncc(-c2cc(Cl)ccc2C)o1. The van der Waals surface area contributed by atoms with Gasteiger partial charge in [0.2, 0.25) is 0 Å². The highest BCUT2D eigenvalue weighted by Crippen LogP contribution is 2.27. The monoisotopic (exact) mass is 294 g/mol. The van der Waals surface area contributed by atoms with E-state index in [0.717, 1.165) is 42.3 Å². The average molecular weight is 295 g/mol. The Morgan fingerprint density at radius 3 is 3.00 bits per heavy atom. The molecule has 0 aliphatic rings. The maximum atomic E-state index is 6.02. The van der Waals surface area contributed by atoms with Gasteiger partial charge < -0.3 is 14.5 Å². The molecule has 1 aromatic carbocycles. The van der Waals surface area contributed by atoms with Crippen LogP contribution in [0.2, 0.25) is 5.02 Å². The summed E-state index contributed by atoms with van der Waals surface area (Å²) in [6.07, 6.45) is 2.51. The largest absolute Gasteiger partial charge is 0.441 e. The highest BCUT2D eigenvalue weighted by Gasteiger charge is 2.09. The third-order valence-corrected chi connectivity index (χ3v) is 3.25. The fourth-order valence-electron chi connectivity index (χ4n) is 1.90. The topological polar surface area (TPSA) is 47.3 Å². The Morgan fingerprint density at radius 1 is 1.35 bits per heavy atom. The van der Waals surface area contributed by atoms with Gasteiger partial charge in [0.1, 0.15) is 0 Å². The molecule has 4 nitrogen and oxygen atoms in total. The van der Waals surface area contributed by atoms with Crippen molar-refractivity contribution in [2.75, 3.05) is 26.8 Å². The predicted molar refractivity (Wildman–Crippen MR) is 80.1 cm³/mol. The van der Waals surface area contributed by atoms with Crippen molar-refractivity contribution in [3.05, 3.63) is 40.9 Å². The fraction of sp³-hybridized carbons (Fsp3) is 0.400. The van der Waals surface area contributed by atoms with Crippen LogP contribution in [0.15, 0.2) is 28.8 Å². The molecule has 1 N–H and O–H groups in total. The van der Waals surface area contributed by atoms with Gasteiger partial charge in [-0.2, -0.15) is 0 Å². The van der Waals surface area contributed by atoms with E-state index in [0.29, 0.717) is 11.6 Å². The van der Waals surface area contributed by atoms with Crippen molar-refractivity contribution in [2.45, 2.75) is 13.3 Å². The number of halogens is 1. The number of nitrogens with one attached hydrogen (secondary N) is 1. The van der Waals surface area contributed by atoms with Gasteiger partial charge in [0.25, 0.3) is 0 Å². The van der Waals surface area contributed by atoms with Crippen LogP contribution in [0.5, 0.6) is 0 Å². The highest BCUT2D eigenvalue weighted by atomic mass is 35.5. The smallest absolute Gasteiger partial charge is 0.196 e. The Hall–Kier alpha value is -1.36. The van der Waals surface area contributed by atoms with Crippen LogP contribution < -0.4 is 5.32 Å². The number of aromatic nitrogens is 1. The molecule has 0 saturated carbocycles. The van der Waals surface area contributed by atoms with Crippen LogP contribution in [0.25, 0.3) is 11.3 Å². The third kappa shape index (κ3) is 4.07. The molecule has 20 heavy (non-hydrogen) atoms. The highest BCUT2D eigenvalue weighted by molar-refractivity contribution is 6.30. The van der Waals surface area contributed by atoms with Crippen LogP contribution >= 0.6 is 11.6 Å². The third-order valence-electron chi connectivity index (χ3n) is 3.02. The second-order valence-corrected chi connectivity index (χ2v) is 5.01. The molecule has 2 aromatic rings. The lowest BCUT2D eigenvalue weighted by atomic mass is 10.1. The lowest BCUT2D eigenvalue weighted by Crippen LogP contribution is -2.21. The molecular formula is C15H19ClN2O2. The van der Waals surface area contributed by atoms with E-state index in [9.17, 15) is 0 Å². The summed E-state index contributed by atoms with van der Waals surface area (Å²) < 4.78 is 10.7. The summed E-state index contributed by atoms with van der Waals surface area (Å²) in [6, 6.07) is 5.75. The summed E-state index contributed by atoms with van der Waals surface area (Å²) in [5, 5.41) is 3.96. The van der Waals surface area contributed by atoms with Crippen molar-refractivity contribution in [1.82, 2.24) is 10.3 Å². The zero-order valence-corrected chi connectivity index (χ0v) is 12.5. The number of methoxy groups -OCH3 is 1. The van der Waals surface area contributed by atoms with E-state index in [-0.39, 0.29) is 0 Å². The van der Waals surface area contributed by atoms with E-state index >= 15 is 0 Å². The minimum Gasteiger partial charge on any atom is -0.441 e. The Balaban J connectivity index is 1.96. The van der Waals surface area contributed by atoms with Crippen molar-refractivity contribution < 1.29 is 9.15 Å². The predicted octanol–water partition coefficient (Wildman–Crippen LogP) is 3.08. The zero-order chi connectivity index (χ0) is 14.4. The fourth-order valence-corrected chi connectivity index (χ4v) is 2.08. The summed E-state index contributed by atoms with van der Waals surface area (Å²) in [6.45, 7) is 4.38. The Morgan fingerprint density at radius 2 is 2.20 bits per heavy atom. The van der Waals surface area contributed by atoms with E-state index < -0.39 is 0 Å². The number of benzene rings is 1. The standard InChI is InChI=1S/C15H19ClN2O2/c1-11-3-4-12(16)9-13(11)14-10-18-15(20-14)5-6-17-7-8-19-2/h3-4,9-10,17H,5-8H2,1-2H3. The van der Waals surface area contributed by atoms with Gasteiger partial charge in [0, 0.05) is 37.2 Å². The van der Waals surface area contributed by atoms with E-state index in [1.807, 2.05) is 25.1 Å². The number of aryl methyl sites for hydroxylation is 1. The summed E-state index contributed by atoms with van der Waals surface area (Å²) in [5.74, 6) is 1.49. The molecule has 0 aliphatic carbocycles. The first-order chi connectivity index (χ1) is 9.70. The second-order valence-electron chi connectivity index (χ2n) is 4.57. The van der Waals surface area contributed by atoms with Gasteiger partial charge in [-0.05, 0) is 24.6 Å². The quantitative estimate of drug-likeness (QED) is 0.797. The molecule has 5 heteroatoms. The first-order valence-electron chi connectivity index (χ1n) is 6.61. The van der Waals surface area contributed by atoms with E-state index in [2.05, 4.69) is 10.3 Å². The normalized spacial score (nSPS) is 10.9. The molecule has 0 saturated heterocycles. The van der Waals surface area contributed by atoms with Gasteiger partial charge >= 0.3 is 0 Å². The van der Waals surface area contributed by atoms with Crippen LogP contribution in [0.1, 0.15) is 11.5 Å². The summed E-state index contributed by atoms with van der Waals surface area (Å²) in [5.41, 5.74) is 2.11. The lowest BCUT2D eigenvalue weighted by molar-refractivity contribution is 0.199. The lowest BCUT2D eigenvalue weighted by Gasteiger charge is -2.03. The summed E-state index contributed by atoms with van der Waals surface area (Å²) in [7, 11) is 1.69. The molecular weight excluding hydrogens is 276 g/mol. The average Bonchev–Trinajstić information content (AvgIpc) is 2.90. The number of hydrogen-bond acceptors (Lipinski definition) is 4. The number of ether oxygens (including phenoxy) is 1. The number of hydrogen-bond donors (Lipinski definition) is 1. The Labute approximate surface area is 124 Å². The molecule has 0 spiro atoms. The van der Waals surface area contributed by atoms with Crippen molar-refractivity contribution >= 4 is 11.6 Å². The van der Waals surface area contributed by atoms with E-state index in [1.165, 1.54) is 0 Å². The van der Waals surface area contributed by atoms with Gasteiger partial charge in [0.05, 0.1) is 12.8 Å². The number of rotatable bonds is 7. The number of oxazole rings is 1. The minimum absolute atomic E-state index is 0.699. The van der Waals surface area contributed by atoms with Crippen LogP contribution in [-0.2, 0) is 11.2 Å². The molecule has 1 heterocycles. The van der Waals surface area contributed by atoms with Gasteiger partial charge in [-0.15, -0.1) is 0 Å². The Bertz CT molecular complexity index is 555. The number of nitrogens with zero attached hydrogens (tertiary/aromatic N) is 1. The molecule has 0 radical (unpaired) electrons. The summed E-state index contributed by atoms with van der Waals surface area (Å²) in [4.78, 5) is 4.30. The van der Waals surface area contributed by atoms with E-state index in [4.69, 9.17) is 20.8 Å². The Kier molecular flexibility index (Phi) is 5.59. The van der Waals surface area contributed by atoms with Crippen molar-refractivity contribution in [3.8, 4) is 11.3 Å². The maximum Gasteiger partial charge on any atom is 0.196 e. The molecule has 108 valence electrons. The molecule has 0 unspecified atom stereocenters. The summed E-state index contributed by atoms with van der Waals surface area (Å²) >= 11 is 6.02. The first-order valence-corrected chi connectivity index (χ1v) is 6.99. The first kappa shape index (κ1) is 15.0. The van der Waals surface area contributed by atoms with Crippen LogP contribution in [0.4, 0.5) is 0 Å². The van der Waals surface area contributed by atoms with Gasteiger partial charge in [-0.25, -0.2) is 4.98 Å². The minimum atomic E-state index is 0.699. The van der Waals surface area contributed by atoms with Crippen molar-refractivity contribution in [3.63, 3.8) is 0 Å². The zero-order valence-electron chi connectivity index (χ0n) is 11.8. The molecule has 0 fully saturated rings. The van der Waals surface area contributed by atoms with Crippen LogP contribution in [0, 0.1) is 6.92 Å². The molecule has 1 aromatic heterocycles. The van der Waals surface area contributed by atoms with Crippen LogP contribution in [0.3, 0.4) is 0 Å². The maximum absolute atomic E-state index is 6.02. The molecule has 0 atom stereocenters. The van der Waals surface area contributed by atoms with Crippen molar-refractivity contribution in [1.29, 1.82) is 0 Å². The van der Waals surface area contributed by atoms with Crippen molar-refractivity contribution in [2.24, 2.45) is 0 Å². The molecule has 0 aliphatic heterocycles. The van der Waals surface area contributed by atoms with Gasteiger partial charge in [-0.1, -0.05) is 17.7 Å². The molecule has 0 bridgehead atoms.